The third-order valence-corrected chi connectivity index (χ3v) is 4.33. The van der Waals surface area contributed by atoms with Gasteiger partial charge in [-0.3, -0.25) is 0 Å². The summed E-state index contributed by atoms with van der Waals surface area (Å²) in [6, 6.07) is 14.5. The van der Waals surface area contributed by atoms with Gasteiger partial charge in [0.25, 0.3) is 0 Å². The molecule has 0 saturated carbocycles. The van der Waals surface area contributed by atoms with E-state index in [2.05, 4.69) is 4.99 Å². The molecule has 0 amide bonds. The first-order valence-electron chi connectivity index (χ1n) is 6.35. The minimum absolute atomic E-state index is 0. The Morgan fingerprint density at radius 2 is 1.86 bits per heavy atom. The maximum absolute atomic E-state index is 13.3. The molecule has 0 aliphatic carbocycles. The predicted octanol–water partition coefficient (Wildman–Crippen LogP) is 5.36. The van der Waals surface area contributed by atoms with E-state index in [1.54, 1.807) is 12.1 Å². The maximum Gasteiger partial charge on any atom is 0.190 e. The molecule has 0 aliphatic heterocycles. The van der Waals surface area contributed by atoms with Crippen LogP contribution in [0.3, 0.4) is 0 Å². The van der Waals surface area contributed by atoms with Crippen LogP contribution in [0.4, 0.5) is 10.1 Å². The number of aromatic nitrogens is 1. The maximum atomic E-state index is 13.3. The van der Waals surface area contributed by atoms with Crippen molar-refractivity contribution in [3.63, 3.8) is 0 Å². The lowest BCUT2D eigenvalue weighted by Gasteiger charge is -2.04. The van der Waals surface area contributed by atoms with Crippen molar-refractivity contribution >= 4 is 45.6 Å². The molecule has 3 aromatic rings. The molecule has 6 heteroatoms. The van der Waals surface area contributed by atoms with Gasteiger partial charge in [0.1, 0.15) is 5.82 Å². The molecule has 0 aliphatic rings. The van der Waals surface area contributed by atoms with Crippen LogP contribution in [0.5, 0.6) is 0 Å². The van der Waals surface area contributed by atoms with Gasteiger partial charge in [-0.1, -0.05) is 29.8 Å². The Morgan fingerprint density at radius 1 is 1.14 bits per heavy atom. The third-order valence-electron chi connectivity index (χ3n) is 3.12. The lowest BCUT2D eigenvalue weighted by Crippen LogP contribution is -2.10. The second-order valence-electron chi connectivity index (χ2n) is 4.54. The summed E-state index contributed by atoms with van der Waals surface area (Å²) in [5.74, 6) is -0.410. The van der Waals surface area contributed by atoms with Crippen molar-refractivity contribution in [2.24, 2.45) is 12.0 Å². The molecule has 0 unspecified atom stereocenters. The van der Waals surface area contributed by atoms with Crippen LogP contribution in [0.15, 0.2) is 58.9 Å². The number of benzene rings is 2. The van der Waals surface area contributed by atoms with Gasteiger partial charge in [0.2, 0.25) is 0 Å². The van der Waals surface area contributed by atoms with E-state index in [1.807, 2.05) is 47.3 Å². The first kappa shape index (κ1) is 16.9. The van der Waals surface area contributed by atoms with Gasteiger partial charge >= 0.3 is 0 Å². The lowest BCUT2D eigenvalue weighted by molar-refractivity contribution is 0.628. The van der Waals surface area contributed by atoms with E-state index in [0.29, 0.717) is 0 Å². The minimum Gasteiger partial charge on any atom is -0.320 e. The van der Waals surface area contributed by atoms with Gasteiger partial charge in [0.05, 0.1) is 16.4 Å². The highest BCUT2D eigenvalue weighted by Gasteiger charge is 2.07. The van der Waals surface area contributed by atoms with E-state index in [9.17, 15) is 4.39 Å². The average molecular weight is 400 g/mol. The van der Waals surface area contributed by atoms with Gasteiger partial charge in [-0.15, -0.1) is 28.3 Å². The molecule has 0 bridgehead atoms. The number of hydrogen-bond acceptors (Lipinski definition) is 2. The fraction of sp³-hybridized carbons (Fsp3) is 0.0625. The van der Waals surface area contributed by atoms with Crippen LogP contribution in [0.2, 0.25) is 5.02 Å². The largest absolute Gasteiger partial charge is 0.320 e. The molecule has 0 atom stereocenters. The summed E-state index contributed by atoms with van der Waals surface area (Å²) < 4.78 is 15.2. The van der Waals surface area contributed by atoms with E-state index in [-0.39, 0.29) is 22.0 Å². The summed E-state index contributed by atoms with van der Waals surface area (Å²) in [4.78, 5) is 5.47. The van der Waals surface area contributed by atoms with Crippen molar-refractivity contribution < 1.29 is 4.39 Å². The van der Waals surface area contributed by atoms with Crippen molar-refractivity contribution in [2.45, 2.75) is 0 Å². The highest BCUT2D eigenvalue weighted by atomic mass is 79.9. The normalized spacial score (nSPS) is 11.3. The Morgan fingerprint density at radius 3 is 2.55 bits per heavy atom. The molecule has 0 saturated heterocycles. The highest BCUT2D eigenvalue weighted by molar-refractivity contribution is 8.93. The molecule has 0 radical (unpaired) electrons. The van der Waals surface area contributed by atoms with E-state index in [4.69, 9.17) is 11.6 Å². The van der Waals surface area contributed by atoms with E-state index in [0.717, 1.165) is 21.7 Å². The molecule has 0 fully saturated rings. The van der Waals surface area contributed by atoms with Crippen LogP contribution in [-0.2, 0) is 7.05 Å². The number of halogens is 3. The molecule has 1 heterocycles. The quantitative estimate of drug-likeness (QED) is 0.552. The topological polar surface area (TPSA) is 17.3 Å². The van der Waals surface area contributed by atoms with Gasteiger partial charge in [-0.05, 0) is 30.3 Å². The lowest BCUT2D eigenvalue weighted by atomic mass is 10.2. The monoisotopic (exact) mass is 398 g/mol. The molecular formula is C16H13BrClFN2S. The minimum atomic E-state index is -0.410. The Hall–Kier alpha value is -1.43. The molecule has 114 valence electrons. The molecule has 2 nitrogen and oxygen atoms in total. The first-order chi connectivity index (χ1) is 10.1. The van der Waals surface area contributed by atoms with E-state index >= 15 is 0 Å². The average Bonchev–Trinajstić information content (AvgIpc) is 2.84. The summed E-state index contributed by atoms with van der Waals surface area (Å²) in [5.41, 5.74) is 2.73. The number of thiazole rings is 1. The number of rotatable bonds is 2. The Bertz CT molecular complexity index is 843. The molecule has 0 N–H and O–H groups in total. The summed E-state index contributed by atoms with van der Waals surface area (Å²) >= 11 is 7.38. The van der Waals surface area contributed by atoms with Crippen molar-refractivity contribution in [1.82, 2.24) is 4.57 Å². The summed E-state index contributed by atoms with van der Waals surface area (Å²) in [5, 5.41) is 2.12. The Kier molecular flexibility index (Phi) is 5.56. The smallest absolute Gasteiger partial charge is 0.190 e. The van der Waals surface area contributed by atoms with Crippen LogP contribution in [0.25, 0.3) is 11.3 Å². The second-order valence-corrected chi connectivity index (χ2v) is 5.78. The SMILES string of the molecule is Br.Cn1c(-c2ccc(F)c(Cl)c2)csc1=Nc1ccccc1. The third kappa shape index (κ3) is 3.48. The van der Waals surface area contributed by atoms with Gasteiger partial charge in [-0.25, -0.2) is 9.38 Å². The van der Waals surface area contributed by atoms with Crippen molar-refractivity contribution in [3.05, 3.63) is 69.6 Å². The number of nitrogens with zero attached hydrogens (tertiary/aromatic N) is 2. The van der Waals surface area contributed by atoms with Crippen molar-refractivity contribution in [2.75, 3.05) is 0 Å². The summed E-state index contributed by atoms with van der Waals surface area (Å²) in [6.07, 6.45) is 0. The number of para-hydroxylation sites is 1. The molecule has 2 aromatic carbocycles. The zero-order valence-electron chi connectivity index (χ0n) is 11.7. The van der Waals surface area contributed by atoms with Crippen LogP contribution in [0, 0.1) is 5.82 Å². The molecule has 3 rings (SSSR count). The van der Waals surface area contributed by atoms with Crippen LogP contribution in [-0.4, -0.2) is 4.57 Å². The van der Waals surface area contributed by atoms with Crippen LogP contribution in [0.1, 0.15) is 0 Å². The molecule has 0 spiro atoms. The standard InChI is InChI=1S/C16H12ClFN2S.BrH/c1-20-15(11-7-8-14(18)13(17)9-11)10-21-16(20)19-12-5-3-2-4-6-12;/h2-10H,1H3;1H. The molecule has 22 heavy (non-hydrogen) atoms. The summed E-state index contributed by atoms with van der Waals surface area (Å²) in [7, 11) is 1.94. The van der Waals surface area contributed by atoms with Gasteiger partial charge < -0.3 is 4.57 Å². The highest BCUT2D eigenvalue weighted by Crippen LogP contribution is 2.25. The first-order valence-corrected chi connectivity index (χ1v) is 7.60. The zero-order chi connectivity index (χ0) is 14.8. The van der Waals surface area contributed by atoms with E-state index in [1.165, 1.54) is 17.4 Å². The molecular weight excluding hydrogens is 387 g/mol. The van der Waals surface area contributed by atoms with Gasteiger partial charge in [0.15, 0.2) is 4.80 Å². The van der Waals surface area contributed by atoms with Gasteiger partial charge in [-0.2, -0.15) is 0 Å². The molecule has 1 aromatic heterocycles. The Labute approximate surface area is 147 Å². The van der Waals surface area contributed by atoms with E-state index < -0.39 is 5.82 Å². The van der Waals surface area contributed by atoms with Gasteiger partial charge in [0, 0.05) is 18.0 Å². The Balaban J connectivity index is 0.00000176. The van der Waals surface area contributed by atoms with Crippen molar-refractivity contribution in [3.8, 4) is 11.3 Å². The second kappa shape index (κ2) is 7.22. The fourth-order valence-corrected chi connectivity index (χ4v) is 3.11. The van der Waals surface area contributed by atoms with Crippen molar-refractivity contribution in [1.29, 1.82) is 0 Å². The predicted molar refractivity (Wildman–Crippen MR) is 95.7 cm³/mol. The van der Waals surface area contributed by atoms with Crippen LogP contribution < -0.4 is 4.80 Å². The fourth-order valence-electron chi connectivity index (χ4n) is 2.00. The zero-order valence-corrected chi connectivity index (χ0v) is 14.9. The van der Waals surface area contributed by atoms with Crippen LogP contribution >= 0.6 is 39.9 Å². The number of hydrogen-bond donors (Lipinski definition) is 0. The summed E-state index contributed by atoms with van der Waals surface area (Å²) in [6.45, 7) is 0.